The first-order chi connectivity index (χ1) is 19.0. The third-order valence-electron chi connectivity index (χ3n) is 6.34. The van der Waals surface area contributed by atoms with E-state index < -0.39 is 0 Å². The molecule has 3 aromatic heterocycles. The van der Waals surface area contributed by atoms with Crippen LogP contribution in [0.5, 0.6) is 5.75 Å². The van der Waals surface area contributed by atoms with Gasteiger partial charge in [-0.2, -0.15) is 19.6 Å². The van der Waals surface area contributed by atoms with Gasteiger partial charge in [0.25, 0.3) is 0 Å². The lowest BCUT2D eigenvalue weighted by Gasteiger charge is -2.36. The molecule has 1 fully saturated rings. The fraction of sp³-hybridized carbons (Fsp3) is 0.360. The van der Waals surface area contributed by atoms with Crippen molar-refractivity contribution >= 4 is 29.1 Å². The molecule has 1 aliphatic heterocycles. The van der Waals surface area contributed by atoms with Crippen LogP contribution in [0.1, 0.15) is 0 Å². The highest BCUT2D eigenvalue weighted by molar-refractivity contribution is 5.77. The van der Waals surface area contributed by atoms with Crippen LogP contribution in [-0.2, 0) is 4.79 Å². The number of anilines is 3. The normalized spacial score (nSPS) is 14.1. The zero-order valence-corrected chi connectivity index (χ0v) is 21.3. The highest BCUT2D eigenvalue weighted by Gasteiger charge is 2.20. The Morgan fingerprint density at radius 3 is 2.72 bits per heavy atom. The number of rotatable bonds is 11. The van der Waals surface area contributed by atoms with Gasteiger partial charge < -0.3 is 36.2 Å². The minimum atomic E-state index is -0.339. The number of furan rings is 1. The number of benzene rings is 1. The van der Waals surface area contributed by atoms with E-state index in [1.807, 2.05) is 11.0 Å². The summed E-state index contributed by atoms with van der Waals surface area (Å²) < 4.78 is 27.2. The van der Waals surface area contributed by atoms with E-state index in [1.54, 1.807) is 30.5 Å². The summed E-state index contributed by atoms with van der Waals surface area (Å²) >= 11 is 0. The number of halogens is 1. The van der Waals surface area contributed by atoms with Crippen LogP contribution >= 0.6 is 0 Å². The molecule has 206 valence electrons. The number of carbonyl (C=O) groups is 1. The molecule has 4 aromatic rings. The highest BCUT2D eigenvalue weighted by atomic mass is 19.1. The predicted octanol–water partition coefficient (Wildman–Crippen LogP) is 0.793. The van der Waals surface area contributed by atoms with Gasteiger partial charge in [0.05, 0.1) is 25.0 Å². The summed E-state index contributed by atoms with van der Waals surface area (Å²) in [5.41, 5.74) is 13.1. The summed E-state index contributed by atoms with van der Waals surface area (Å²) in [4.78, 5) is 24.3. The smallest absolute Gasteiger partial charge is 0.233 e. The van der Waals surface area contributed by atoms with Gasteiger partial charge in [-0.1, -0.05) is 0 Å². The van der Waals surface area contributed by atoms with Crippen LogP contribution < -0.4 is 31.7 Å². The molecule has 0 unspecified atom stereocenters. The molecule has 1 aromatic carbocycles. The van der Waals surface area contributed by atoms with Crippen LogP contribution in [-0.4, -0.2) is 89.4 Å². The molecular weight excluding hydrogens is 507 g/mol. The quantitative estimate of drug-likeness (QED) is 0.200. The Morgan fingerprint density at radius 2 is 1.97 bits per heavy atom. The van der Waals surface area contributed by atoms with E-state index in [9.17, 15) is 9.18 Å². The molecular formula is C25H31FN10O3. The average molecular weight is 539 g/mol. The second-order valence-corrected chi connectivity index (χ2v) is 8.95. The average Bonchev–Trinajstić information content (AvgIpc) is 3.62. The highest BCUT2D eigenvalue weighted by Crippen LogP contribution is 2.25. The molecule has 0 saturated carbocycles. The van der Waals surface area contributed by atoms with Crippen molar-refractivity contribution in [1.82, 2.24) is 29.8 Å². The molecule has 5 rings (SSSR count). The monoisotopic (exact) mass is 538 g/mol. The largest absolute Gasteiger partial charge is 0.492 e. The van der Waals surface area contributed by atoms with E-state index in [2.05, 4.69) is 30.6 Å². The summed E-state index contributed by atoms with van der Waals surface area (Å²) in [5.74, 6) is 1.10. The van der Waals surface area contributed by atoms with Gasteiger partial charge in [0.2, 0.25) is 17.8 Å². The van der Waals surface area contributed by atoms with Crippen molar-refractivity contribution in [2.24, 2.45) is 5.73 Å². The minimum absolute atomic E-state index is 0.0758. The van der Waals surface area contributed by atoms with E-state index in [4.69, 9.17) is 20.6 Å². The SMILES string of the molecule is NCC(=O)NCCOc1ccc(N2CCN(CCNc3nc(N)n4nc(-c5ccco5)cc4n3)CC2)c(F)c1. The van der Waals surface area contributed by atoms with Gasteiger partial charge in [-0.25, -0.2) is 4.39 Å². The summed E-state index contributed by atoms with van der Waals surface area (Å²) in [7, 11) is 0. The number of nitrogen functional groups attached to an aromatic ring is 1. The van der Waals surface area contributed by atoms with Crippen LogP contribution in [0.4, 0.5) is 22.0 Å². The van der Waals surface area contributed by atoms with Crippen molar-refractivity contribution in [3.63, 3.8) is 0 Å². The molecule has 1 saturated heterocycles. The van der Waals surface area contributed by atoms with Gasteiger partial charge in [-0.3, -0.25) is 9.69 Å². The Balaban J connectivity index is 1.08. The van der Waals surface area contributed by atoms with E-state index in [0.29, 0.717) is 60.7 Å². The Kier molecular flexibility index (Phi) is 8.03. The third-order valence-corrected chi connectivity index (χ3v) is 6.34. The number of nitrogens with zero attached hydrogens (tertiary/aromatic N) is 6. The molecule has 13 nitrogen and oxygen atoms in total. The Bertz CT molecular complexity index is 1400. The first kappa shape index (κ1) is 26.2. The van der Waals surface area contributed by atoms with Crippen molar-refractivity contribution in [2.75, 3.05) is 74.9 Å². The van der Waals surface area contributed by atoms with E-state index in [-0.39, 0.29) is 30.8 Å². The second-order valence-electron chi connectivity index (χ2n) is 8.95. The van der Waals surface area contributed by atoms with Crippen molar-refractivity contribution in [3.05, 3.63) is 48.5 Å². The number of fused-ring (bicyclic) bond motifs is 1. The Labute approximate surface area is 223 Å². The minimum Gasteiger partial charge on any atom is -0.492 e. The summed E-state index contributed by atoms with van der Waals surface area (Å²) in [6, 6.07) is 10.2. The van der Waals surface area contributed by atoms with Crippen LogP contribution in [0.2, 0.25) is 0 Å². The molecule has 0 aliphatic carbocycles. The molecule has 0 spiro atoms. The molecule has 39 heavy (non-hydrogen) atoms. The number of nitrogens with one attached hydrogen (secondary N) is 2. The van der Waals surface area contributed by atoms with Gasteiger partial charge in [-0.05, 0) is 24.3 Å². The number of aromatic nitrogens is 4. The fourth-order valence-corrected chi connectivity index (χ4v) is 4.34. The van der Waals surface area contributed by atoms with E-state index in [1.165, 1.54) is 10.6 Å². The first-order valence-electron chi connectivity index (χ1n) is 12.7. The molecule has 1 amide bonds. The number of hydrogen-bond acceptors (Lipinski definition) is 11. The number of amides is 1. The number of hydrogen-bond donors (Lipinski definition) is 4. The summed E-state index contributed by atoms with van der Waals surface area (Å²) in [6.07, 6.45) is 1.58. The lowest BCUT2D eigenvalue weighted by atomic mass is 10.2. The summed E-state index contributed by atoms with van der Waals surface area (Å²) in [5, 5.41) is 10.2. The standard InChI is InChI=1S/C25H31FN10O3/c26-18-14-17(38-13-6-29-23(37)16-27)3-4-20(18)35-10-8-34(9-11-35)7-5-30-25-31-22-15-19(21-2-1-12-39-21)33-36(22)24(28)32-25/h1-4,12,14-15H,5-11,13,16,27H2,(H,29,37)(H3,28,30,31,32). The Morgan fingerprint density at radius 1 is 1.13 bits per heavy atom. The second kappa shape index (κ2) is 12.0. The van der Waals surface area contributed by atoms with Crippen molar-refractivity contribution in [3.8, 4) is 17.2 Å². The zero-order chi connectivity index (χ0) is 27.2. The van der Waals surface area contributed by atoms with E-state index in [0.717, 1.165) is 19.6 Å². The molecule has 0 radical (unpaired) electrons. The van der Waals surface area contributed by atoms with Gasteiger partial charge >= 0.3 is 0 Å². The van der Waals surface area contributed by atoms with Crippen LogP contribution in [0.15, 0.2) is 47.1 Å². The van der Waals surface area contributed by atoms with Crippen molar-refractivity contribution < 1.29 is 18.3 Å². The molecule has 0 bridgehead atoms. The molecule has 6 N–H and O–H groups in total. The predicted molar refractivity (Wildman–Crippen MR) is 144 cm³/mol. The molecule has 1 aliphatic rings. The van der Waals surface area contributed by atoms with Gasteiger partial charge in [0.15, 0.2) is 11.4 Å². The van der Waals surface area contributed by atoms with Gasteiger partial charge in [0, 0.05) is 51.4 Å². The number of carbonyl (C=O) groups excluding carboxylic acids is 1. The third kappa shape index (κ3) is 6.35. The number of piperazine rings is 1. The maximum Gasteiger partial charge on any atom is 0.233 e. The molecule has 0 atom stereocenters. The van der Waals surface area contributed by atoms with Crippen molar-refractivity contribution in [2.45, 2.75) is 0 Å². The maximum absolute atomic E-state index is 14.8. The van der Waals surface area contributed by atoms with Crippen molar-refractivity contribution in [1.29, 1.82) is 0 Å². The van der Waals surface area contributed by atoms with E-state index >= 15 is 0 Å². The molecule has 14 heteroatoms. The zero-order valence-electron chi connectivity index (χ0n) is 21.3. The van der Waals surface area contributed by atoms with Crippen LogP contribution in [0.25, 0.3) is 17.1 Å². The Hall–Kier alpha value is -4.43. The van der Waals surface area contributed by atoms with Gasteiger partial charge in [-0.15, -0.1) is 0 Å². The topological polar surface area (TPSA) is 165 Å². The maximum atomic E-state index is 14.8. The van der Waals surface area contributed by atoms with Crippen LogP contribution in [0.3, 0.4) is 0 Å². The van der Waals surface area contributed by atoms with Gasteiger partial charge in [0.1, 0.15) is 23.9 Å². The lowest BCUT2D eigenvalue weighted by molar-refractivity contribution is -0.119. The fourth-order valence-electron chi connectivity index (χ4n) is 4.34. The first-order valence-corrected chi connectivity index (χ1v) is 12.7. The summed E-state index contributed by atoms with van der Waals surface area (Å²) in [6.45, 7) is 4.84. The molecule has 4 heterocycles. The lowest BCUT2D eigenvalue weighted by Crippen LogP contribution is -2.48. The number of ether oxygens (including phenoxy) is 1. The number of nitrogens with two attached hydrogens (primary N) is 2. The van der Waals surface area contributed by atoms with Crippen LogP contribution in [0, 0.1) is 5.82 Å².